The Labute approximate surface area is 216 Å². The number of ether oxygens (including phenoxy) is 2. The molecule has 1 aliphatic rings. The first-order valence-electron chi connectivity index (χ1n) is 11.6. The Bertz CT molecular complexity index is 1330. The van der Waals surface area contributed by atoms with E-state index in [1.165, 1.54) is 30.0 Å². The SMILES string of the molecule is CC(C)OC(=O)[C@@H](C)NP(=O)(OC[C@H]1O[C@H](n2cnc3c(N)nc(F)nc32)[C@@H](O)[C@@H]1O)Oc1ccccc1. The number of benzene rings is 1. The van der Waals surface area contributed by atoms with Crippen LogP contribution in [0.5, 0.6) is 5.75 Å². The second-order valence-electron chi connectivity index (χ2n) is 8.78. The van der Waals surface area contributed by atoms with Crippen LogP contribution in [0.2, 0.25) is 0 Å². The number of fused-ring (bicyclic) bond motifs is 1. The summed E-state index contributed by atoms with van der Waals surface area (Å²) in [7, 11) is -4.25. The largest absolute Gasteiger partial charge is 0.462 e. The first kappa shape index (κ1) is 27.8. The molecule has 2 aromatic heterocycles. The van der Waals surface area contributed by atoms with Gasteiger partial charge in [0.1, 0.15) is 30.1 Å². The van der Waals surface area contributed by atoms with Crippen LogP contribution < -0.4 is 15.3 Å². The molecule has 4 rings (SSSR count). The van der Waals surface area contributed by atoms with E-state index in [1.807, 2.05) is 0 Å². The summed E-state index contributed by atoms with van der Waals surface area (Å²) < 4.78 is 50.6. The summed E-state index contributed by atoms with van der Waals surface area (Å²) in [5.41, 5.74) is 5.69. The Balaban J connectivity index is 1.51. The first-order valence-corrected chi connectivity index (χ1v) is 13.2. The maximum Gasteiger partial charge on any atom is 0.459 e. The van der Waals surface area contributed by atoms with Crippen LogP contribution in [0.3, 0.4) is 0 Å². The van der Waals surface area contributed by atoms with Crippen LogP contribution in [0.25, 0.3) is 11.2 Å². The summed E-state index contributed by atoms with van der Waals surface area (Å²) in [4.78, 5) is 23.4. The maximum atomic E-state index is 13.8. The second kappa shape index (κ2) is 11.3. The Morgan fingerprint density at radius 3 is 2.63 bits per heavy atom. The van der Waals surface area contributed by atoms with E-state index in [4.69, 9.17) is 24.3 Å². The van der Waals surface area contributed by atoms with Crippen molar-refractivity contribution in [3.63, 3.8) is 0 Å². The molecule has 1 fully saturated rings. The molecule has 0 bridgehead atoms. The normalized spacial score (nSPS) is 23.9. The molecule has 0 spiro atoms. The second-order valence-corrected chi connectivity index (χ2v) is 10.5. The number of nitrogens with two attached hydrogens (primary N) is 1. The summed E-state index contributed by atoms with van der Waals surface area (Å²) in [5.74, 6) is -0.717. The van der Waals surface area contributed by atoms with E-state index in [2.05, 4.69) is 20.0 Å². The van der Waals surface area contributed by atoms with Crippen LogP contribution in [0, 0.1) is 6.08 Å². The van der Waals surface area contributed by atoms with Crippen LogP contribution in [0.15, 0.2) is 36.7 Å². The fourth-order valence-electron chi connectivity index (χ4n) is 3.70. The average molecular weight is 554 g/mol. The number of aromatic nitrogens is 4. The Morgan fingerprint density at radius 1 is 1.24 bits per heavy atom. The molecule has 6 atom stereocenters. The number of nitrogens with one attached hydrogen (secondary N) is 1. The molecule has 3 heterocycles. The van der Waals surface area contributed by atoms with Crippen molar-refractivity contribution >= 4 is 30.7 Å². The lowest BCUT2D eigenvalue weighted by Gasteiger charge is -2.25. The predicted octanol–water partition coefficient (Wildman–Crippen LogP) is 1.30. The molecule has 1 aliphatic heterocycles. The van der Waals surface area contributed by atoms with Crippen LogP contribution in [0.4, 0.5) is 10.2 Å². The lowest BCUT2D eigenvalue weighted by molar-refractivity contribution is -0.149. The van der Waals surface area contributed by atoms with E-state index in [1.54, 1.807) is 32.0 Å². The van der Waals surface area contributed by atoms with E-state index in [0.717, 1.165) is 0 Å². The van der Waals surface area contributed by atoms with E-state index in [-0.39, 0.29) is 22.7 Å². The summed E-state index contributed by atoms with van der Waals surface area (Å²) in [6, 6.07) is 7.00. The molecule has 206 valence electrons. The molecule has 1 unspecified atom stereocenters. The molecular formula is C22H28FN6O8P. The number of rotatable bonds is 10. The van der Waals surface area contributed by atoms with Gasteiger partial charge in [-0.1, -0.05) is 18.2 Å². The van der Waals surface area contributed by atoms with Crippen molar-refractivity contribution in [3.8, 4) is 5.75 Å². The maximum absolute atomic E-state index is 13.8. The Morgan fingerprint density at radius 2 is 1.95 bits per heavy atom. The summed E-state index contributed by atoms with van der Waals surface area (Å²) in [6.07, 6.45) is -5.84. The summed E-state index contributed by atoms with van der Waals surface area (Å²) >= 11 is 0. The van der Waals surface area contributed by atoms with Crippen molar-refractivity contribution in [2.75, 3.05) is 12.3 Å². The van der Waals surface area contributed by atoms with Gasteiger partial charge in [-0.15, -0.1) is 0 Å². The van der Waals surface area contributed by atoms with Gasteiger partial charge in [-0.2, -0.15) is 19.4 Å². The van der Waals surface area contributed by atoms with Gasteiger partial charge in [-0.3, -0.25) is 13.9 Å². The number of anilines is 1. The third kappa shape index (κ3) is 6.09. The molecule has 0 amide bonds. The lowest BCUT2D eigenvalue weighted by atomic mass is 10.1. The number of para-hydroxylation sites is 1. The van der Waals surface area contributed by atoms with E-state index >= 15 is 0 Å². The number of aliphatic hydroxyl groups is 2. The first-order chi connectivity index (χ1) is 18.0. The minimum atomic E-state index is -4.25. The van der Waals surface area contributed by atoms with Gasteiger partial charge in [0.05, 0.1) is 19.0 Å². The molecule has 0 aliphatic carbocycles. The van der Waals surface area contributed by atoms with Gasteiger partial charge < -0.3 is 29.9 Å². The molecule has 1 saturated heterocycles. The number of carbonyl (C=O) groups excluding carboxylic acids is 1. The highest BCUT2D eigenvalue weighted by Gasteiger charge is 2.46. The number of aliphatic hydroxyl groups excluding tert-OH is 2. The number of halogens is 1. The highest BCUT2D eigenvalue weighted by atomic mass is 31.2. The fourth-order valence-corrected chi connectivity index (χ4v) is 5.20. The molecule has 5 N–H and O–H groups in total. The summed E-state index contributed by atoms with van der Waals surface area (Å²) in [5, 5.41) is 23.8. The van der Waals surface area contributed by atoms with Gasteiger partial charge in [-0.05, 0) is 32.9 Å². The number of nitrogens with zero attached hydrogens (tertiary/aromatic N) is 4. The van der Waals surface area contributed by atoms with E-state index < -0.39 is 63.1 Å². The van der Waals surface area contributed by atoms with E-state index in [9.17, 15) is 24.0 Å². The lowest BCUT2D eigenvalue weighted by Crippen LogP contribution is -2.38. The molecular weight excluding hydrogens is 526 g/mol. The van der Waals surface area contributed by atoms with Gasteiger partial charge in [0.25, 0.3) is 0 Å². The smallest absolute Gasteiger partial charge is 0.459 e. The zero-order chi connectivity index (χ0) is 27.6. The quantitative estimate of drug-likeness (QED) is 0.159. The van der Waals surface area contributed by atoms with Crippen LogP contribution >= 0.6 is 7.75 Å². The molecule has 3 aromatic rings. The molecule has 0 saturated carbocycles. The molecule has 1 aromatic carbocycles. The van der Waals surface area contributed by atoms with Crippen molar-refractivity contribution in [1.82, 2.24) is 24.6 Å². The Hall–Kier alpha value is -3.20. The highest BCUT2D eigenvalue weighted by molar-refractivity contribution is 7.52. The number of nitrogen functional groups attached to an aromatic ring is 1. The number of hydrogen-bond donors (Lipinski definition) is 4. The van der Waals surface area contributed by atoms with Crippen molar-refractivity contribution < 1.29 is 42.5 Å². The number of esters is 1. The fraction of sp³-hybridized carbons (Fsp3) is 0.455. The van der Waals surface area contributed by atoms with Crippen molar-refractivity contribution in [2.24, 2.45) is 0 Å². The monoisotopic (exact) mass is 554 g/mol. The van der Waals surface area contributed by atoms with E-state index in [0.29, 0.717) is 0 Å². The van der Waals surface area contributed by atoms with Gasteiger partial charge in [0.15, 0.2) is 23.2 Å². The van der Waals surface area contributed by atoms with Gasteiger partial charge in [0, 0.05) is 0 Å². The topological polar surface area (TPSA) is 193 Å². The van der Waals surface area contributed by atoms with Crippen LogP contribution in [0.1, 0.15) is 27.0 Å². The highest BCUT2D eigenvalue weighted by Crippen LogP contribution is 2.46. The standard InChI is InChI=1S/C22H28FN6O8P/c1-11(2)35-21(32)12(3)28-38(33,37-13-7-5-4-6-8-13)34-9-14-16(30)17(31)20(36-14)29-10-25-15-18(24)26-22(23)27-19(15)29/h4-8,10-12,14,16-17,20,30-31H,9H2,1-3H3,(H,28,33)(H2,24,26,27)/t12-,14-,16-,17+,20+,38?/m1/s1. The molecule has 38 heavy (non-hydrogen) atoms. The van der Waals surface area contributed by atoms with Crippen molar-refractivity contribution in [2.45, 2.75) is 57.5 Å². The van der Waals surface area contributed by atoms with Gasteiger partial charge in [-0.25, -0.2) is 9.55 Å². The third-order valence-electron chi connectivity index (χ3n) is 5.47. The van der Waals surface area contributed by atoms with Gasteiger partial charge >= 0.3 is 19.8 Å². The zero-order valence-electron chi connectivity index (χ0n) is 20.7. The number of carbonyl (C=O) groups is 1. The van der Waals surface area contributed by atoms with Gasteiger partial charge in [0.2, 0.25) is 0 Å². The molecule has 14 nitrogen and oxygen atoms in total. The van der Waals surface area contributed by atoms with Crippen molar-refractivity contribution in [3.05, 3.63) is 42.7 Å². The predicted molar refractivity (Wildman–Crippen MR) is 130 cm³/mol. The van der Waals surface area contributed by atoms with Crippen LogP contribution in [-0.2, 0) is 23.4 Å². The minimum Gasteiger partial charge on any atom is -0.462 e. The minimum absolute atomic E-state index is 0.0648. The Kier molecular flexibility index (Phi) is 8.25. The number of hydrogen-bond acceptors (Lipinski definition) is 12. The van der Waals surface area contributed by atoms with Crippen molar-refractivity contribution in [1.29, 1.82) is 0 Å². The average Bonchev–Trinajstić information content (AvgIpc) is 3.39. The summed E-state index contributed by atoms with van der Waals surface area (Å²) in [6.45, 7) is 4.22. The molecule has 0 radical (unpaired) electrons. The molecule has 16 heteroatoms. The number of imidazole rings is 1. The third-order valence-corrected chi connectivity index (χ3v) is 7.11. The van der Waals surface area contributed by atoms with Crippen LogP contribution in [-0.4, -0.2) is 72.8 Å². The zero-order valence-corrected chi connectivity index (χ0v) is 21.6.